The third-order valence-electron chi connectivity index (χ3n) is 2.37. The largest absolute Gasteiger partial charge is 0.508 e. The van der Waals surface area contributed by atoms with Crippen LogP contribution in [-0.2, 0) is 0 Å². The number of hydrogen-bond acceptors (Lipinski definition) is 4. The van der Waals surface area contributed by atoms with Gasteiger partial charge in [0.25, 0.3) is 0 Å². The van der Waals surface area contributed by atoms with Crippen molar-refractivity contribution in [3.05, 3.63) is 23.8 Å². The zero-order valence-corrected chi connectivity index (χ0v) is 10.6. The Balaban J connectivity index is 2.36. The topological polar surface area (TPSA) is 61.7 Å². The highest BCUT2D eigenvalue weighted by molar-refractivity contribution is 5.38. The molecule has 0 amide bonds. The van der Waals surface area contributed by atoms with E-state index in [1.165, 1.54) is 0 Å². The third-order valence-corrected chi connectivity index (χ3v) is 2.37. The van der Waals surface area contributed by atoms with Crippen LogP contribution in [0.1, 0.15) is 19.4 Å². The molecule has 4 nitrogen and oxygen atoms in total. The van der Waals surface area contributed by atoms with Crippen LogP contribution in [0.3, 0.4) is 0 Å². The fourth-order valence-electron chi connectivity index (χ4n) is 1.34. The van der Waals surface area contributed by atoms with Crippen molar-refractivity contribution in [1.29, 1.82) is 0 Å². The summed E-state index contributed by atoms with van der Waals surface area (Å²) >= 11 is 0. The molecule has 1 unspecified atom stereocenters. The molecule has 0 aromatic heterocycles. The fraction of sp³-hybridized carbons (Fsp3) is 0.538. The molecule has 1 aromatic rings. The number of aliphatic hydroxyl groups excluding tert-OH is 1. The minimum Gasteiger partial charge on any atom is -0.508 e. The van der Waals surface area contributed by atoms with Crippen LogP contribution >= 0.6 is 0 Å². The van der Waals surface area contributed by atoms with E-state index in [1.807, 2.05) is 13.8 Å². The summed E-state index contributed by atoms with van der Waals surface area (Å²) in [4.78, 5) is 0. The Morgan fingerprint density at radius 1 is 1.35 bits per heavy atom. The first-order valence-electron chi connectivity index (χ1n) is 5.83. The third kappa shape index (κ3) is 5.06. The molecule has 0 saturated carbocycles. The van der Waals surface area contributed by atoms with Gasteiger partial charge in [-0.15, -0.1) is 0 Å². The summed E-state index contributed by atoms with van der Waals surface area (Å²) in [6.45, 7) is 6.60. The predicted octanol–water partition coefficient (Wildman–Crippen LogP) is 1.44. The van der Waals surface area contributed by atoms with Crippen LogP contribution in [0.5, 0.6) is 11.5 Å². The highest BCUT2D eigenvalue weighted by Crippen LogP contribution is 2.21. The van der Waals surface area contributed by atoms with Crippen LogP contribution < -0.4 is 10.1 Å². The van der Waals surface area contributed by atoms with Crippen molar-refractivity contribution in [2.24, 2.45) is 0 Å². The summed E-state index contributed by atoms with van der Waals surface area (Å²) in [5.74, 6) is 0.906. The highest BCUT2D eigenvalue weighted by Gasteiger charge is 2.06. The van der Waals surface area contributed by atoms with Gasteiger partial charge in [-0.25, -0.2) is 0 Å². The lowest BCUT2D eigenvalue weighted by atomic mass is 10.2. The van der Waals surface area contributed by atoms with E-state index in [0.717, 1.165) is 5.56 Å². The maximum absolute atomic E-state index is 9.65. The van der Waals surface area contributed by atoms with Crippen molar-refractivity contribution in [1.82, 2.24) is 5.32 Å². The number of aromatic hydroxyl groups is 1. The minimum atomic E-state index is -0.536. The summed E-state index contributed by atoms with van der Waals surface area (Å²) in [5.41, 5.74) is 0.761. The Labute approximate surface area is 102 Å². The molecule has 0 aliphatic carbocycles. The van der Waals surface area contributed by atoms with Gasteiger partial charge < -0.3 is 20.3 Å². The second kappa shape index (κ2) is 6.47. The van der Waals surface area contributed by atoms with Crippen molar-refractivity contribution in [2.75, 3.05) is 13.2 Å². The van der Waals surface area contributed by atoms with Crippen LogP contribution in [0.4, 0.5) is 0 Å². The standard InChI is InChI=1S/C13H21NO3/c1-9(2)14-7-11(15)8-17-12-4-5-13(16)10(3)6-12/h4-6,9,11,14-16H,7-8H2,1-3H3. The van der Waals surface area contributed by atoms with E-state index in [0.29, 0.717) is 18.3 Å². The molecule has 0 aliphatic heterocycles. The van der Waals surface area contributed by atoms with Crippen LogP contribution in [0, 0.1) is 6.92 Å². The average molecular weight is 239 g/mol. The summed E-state index contributed by atoms with van der Waals surface area (Å²) in [6, 6.07) is 5.37. The SMILES string of the molecule is Cc1cc(OCC(O)CNC(C)C)ccc1O. The van der Waals surface area contributed by atoms with Crippen molar-refractivity contribution in [2.45, 2.75) is 32.9 Å². The molecule has 1 rings (SSSR count). The number of aliphatic hydroxyl groups is 1. The maximum atomic E-state index is 9.65. The van der Waals surface area contributed by atoms with Gasteiger partial charge in [0.15, 0.2) is 0 Å². The molecule has 3 N–H and O–H groups in total. The minimum absolute atomic E-state index is 0.240. The molecule has 0 aliphatic rings. The Hall–Kier alpha value is -1.26. The Bertz CT molecular complexity index is 353. The molecule has 0 radical (unpaired) electrons. The number of rotatable bonds is 6. The van der Waals surface area contributed by atoms with Gasteiger partial charge in [0.05, 0.1) is 0 Å². The summed E-state index contributed by atoms with van der Waals surface area (Å²) in [7, 11) is 0. The molecule has 96 valence electrons. The molecule has 4 heteroatoms. The quantitative estimate of drug-likeness (QED) is 0.703. The smallest absolute Gasteiger partial charge is 0.119 e. The molecule has 0 saturated heterocycles. The summed E-state index contributed by atoms with van der Waals surface area (Å²) in [6.07, 6.45) is -0.536. The molecule has 1 aromatic carbocycles. The second-order valence-electron chi connectivity index (χ2n) is 4.48. The fourth-order valence-corrected chi connectivity index (χ4v) is 1.34. The summed E-state index contributed by atoms with van der Waals surface area (Å²) < 4.78 is 5.43. The number of hydrogen-bond donors (Lipinski definition) is 3. The van der Waals surface area contributed by atoms with E-state index in [-0.39, 0.29) is 12.4 Å². The van der Waals surface area contributed by atoms with E-state index in [1.54, 1.807) is 25.1 Å². The van der Waals surface area contributed by atoms with Crippen molar-refractivity contribution < 1.29 is 14.9 Å². The van der Waals surface area contributed by atoms with Gasteiger partial charge in [-0.1, -0.05) is 13.8 Å². The Morgan fingerprint density at radius 3 is 2.65 bits per heavy atom. The van der Waals surface area contributed by atoms with Gasteiger partial charge in [-0.3, -0.25) is 0 Å². The molecule has 0 bridgehead atoms. The average Bonchev–Trinajstić information content (AvgIpc) is 2.28. The molecule has 17 heavy (non-hydrogen) atoms. The van der Waals surface area contributed by atoms with Crippen molar-refractivity contribution in [3.8, 4) is 11.5 Å². The van der Waals surface area contributed by atoms with Crippen LogP contribution in [-0.4, -0.2) is 35.5 Å². The Kier molecular flexibility index (Phi) is 5.25. The highest BCUT2D eigenvalue weighted by atomic mass is 16.5. The second-order valence-corrected chi connectivity index (χ2v) is 4.48. The van der Waals surface area contributed by atoms with Crippen LogP contribution in [0.25, 0.3) is 0 Å². The number of benzene rings is 1. The van der Waals surface area contributed by atoms with Gasteiger partial charge in [0.2, 0.25) is 0 Å². The molecule has 0 spiro atoms. The molecule has 1 atom stereocenters. The molecule has 0 heterocycles. The maximum Gasteiger partial charge on any atom is 0.119 e. The first kappa shape index (κ1) is 13.8. The number of phenolic OH excluding ortho intramolecular Hbond substituents is 1. The van der Waals surface area contributed by atoms with Crippen molar-refractivity contribution >= 4 is 0 Å². The van der Waals surface area contributed by atoms with Crippen LogP contribution in [0.15, 0.2) is 18.2 Å². The van der Waals surface area contributed by atoms with E-state index < -0.39 is 6.10 Å². The van der Waals surface area contributed by atoms with Gasteiger partial charge in [0, 0.05) is 12.6 Å². The lowest BCUT2D eigenvalue weighted by Crippen LogP contribution is -2.35. The monoisotopic (exact) mass is 239 g/mol. The van der Waals surface area contributed by atoms with Crippen molar-refractivity contribution in [3.63, 3.8) is 0 Å². The lowest BCUT2D eigenvalue weighted by Gasteiger charge is -2.15. The molecular weight excluding hydrogens is 218 g/mol. The zero-order chi connectivity index (χ0) is 12.8. The molecule has 0 fully saturated rings. The molecular formula is C13H21NO3. The first-order chi connectivity index (χ1) is 7.99. The van der Waals surface area contributed by atoms with E-state index in [9.17, 15) is 10.2 Å². The Morgan fingerprint density at radius 2 is 2.06 bits per heavy atom. The normalized spacial score (nSPS) is 12.8. The van der Waals surface area contributed by atoms with Gasteiger partial charge in [-0.05, 0) is 30.7 Å². The van der Waals surface area contributed by atoms with Gasteiger partial charge >= 0.3 is 0 Å². The number of phenols is 1. The van der Waals surface area contributed by atoms with E-state index in [4.69, 9.17) is 4.74 Å². The van der Waals surface area contributed by atoms with E-state index >= 15 is 0 Å². The predicted molar refractivity (Wildman–Crippen MR) is 67.5 cm³/mol. The number of nitrogens with one attached hydrogen (secondary N) is 1. The number of aryl methyl sites for hydroxylation is 1. The summed E-state index contributed by atoms with van der Waals surface area (Å²) in [5, 5.41) is 22.1. The van der Waals surface area contributed by atoms with Gasteiger partial charge in [0.1, 0.15) is 24.2 Å². The first-order valence-corrected chi connectivity index (χ1v) is 5.83. The van der Waals surface area contributed by atoms with E-state index in [2.05, 4.69) is 5.32 Å². The zero-order valence-electron chi connectivity index (χ0n) is 10.6. The number of ether oxygens (including phenoxy) is 1. The lowest BCUT2D eigenvalue weighted by molar-refractivity contribution is 0.104. The van der Waals surface area contributed by atoms with Gasteiger partial charge in [-0.2, -0.15) is 0 Å². The van der Waals surface area contributed by atoms with Crippen LogP contribution in [0.2, 0.25) is 0 Å².